The highest BCUT2D eigenvalue weighted by Crippen LogP contribution is 2.32. The van der Waals surface area contributed by atoms with Crippen LogP contribution >= 0.6 is 11.8 Å². The first kappa shape index (κ1) is 16.6. The van der Waals surface area contributed by atoms with E-state index < -0.39 is 23.1 Å². The van der Waals surface area contributed by atoms with Crippen LogP contribution in [0.4, 0.5) is 14.5 Å². The van der Waals surface area contributed by atoms with Crippen molar-refractivity contribution in [3.63, 3.8) is 0 Å². The van der Waals surface area contributed by atoms with E-state index in [1.807, 2.05) is 0 Å². The molecule has 2 rings (SSSR count). The van der Waals surface area contributed by atoms with Crippen molar-refractivity contribution in [2.45, 2.75) is 16.5 Å². The summed E-state index contributed by atoms with van der Waals surface area (Å²) in [5, 5.41) is 17.4. The lowest BCUT2D eigenvalue weighted by Gasteiger charge is -2.07. The minimum Gasteiger partial charge on any atom is -0.465 e. The summed E-state index contributed by atoms with van der Waals surface area (Å²) in [6.45, 7) is 0. The van der Waals surface area contributed by atoms with Gasteiger partial charge in [0.15, 0.2) is 0 Å². The number of hydrogen-bond acceptors (Lipinski definition) is 8. The second-order valence-corrected chi connectivity index (χ2v) is 5.05. The van der Waals surface area contributed by atoms with Crippen LogP contribution in [0.25, 0.3) is 0 Å². The van der Waals surface area contributed by atoms with Gasteiger partial charge in [-0.3, -0.25) is 10.1 Å². The smallest absolute Gasteiger partial charge is 0.339 e. The van der Waals surface area contributed by atoms with Gasteiger partial charge in [-0.2, -0.15) is 0 Å². The lowest BCUT2D eigenvalue weighted by Crippen LogP contribution is -2.14. The molecule has 1 heterocycles. The number of carbonyl (C=O) groups is 1. The first-order chi connectivity index (χ1) is 10.8. The molecule has 0 unspecified atom stereocenters. The number of nitrogens with two attached hydrogens (primary N) is 1. The van der Waals surface area contributed by atoms with Crippen molar-refractivity contribution in [1.82, 2.24) is 14.9 Å². The molecule has 0 aliphatic carbocycles. The van der Waals surface area contributed by atoms with Crippen LogP contribution in [0.2, 0.25) is 0 Å². The van der Waals surface area contributed by atoms with Crippen LogP contribution in [0.15, 0.2) is 28.3 Å². The maximum atomic E-state index is 12.6. The molecule has 23 heavy (non-hydrogen) atoms. The zero-order valence-electron chi connectivity index (χ0n) is 11.5. The van der Waals surface area contributed by atoms with Gasteiger partial charge in [0.2, 0.25) is 11.0 Å². The number of non-ortho nitro benzene ring substituents is 1. The molecule has 1 aromatic carbocycles. The van der Waals surface area contributed by atoms with Crippen molar-refractivity contribution < 1.29 is 23.2 Å². The summed E-state index contributed by atoms with van der Waals surface area (Å²) in [5.41, 5.74) is -0.439. The topological polar surface area (TPSA) is 126 Å². The number of nitro benzene ring substituents is 1. The van der Waals surface area contributed by atoms with E-state index in [1.54, 1.807) is 0 Å². The van der Waals surface area contributed by atoms with Crippen molar-refractivity contribution in [3.8, 4) is 0 Å². The summed E-state index contributed by atoms with van der Waals surface area (Å²) in [6.07, 6.45) is -2.92. The van der Waals surface area contributed by atoms with Crippen LogP contribution in [0.5, 0.6) is 0 Å². The number of carbonyl (C=O) groups excluding carboxylic acids is 1. The number of ether oxygens (including phenoxy) is 1. The number of nitrogen functional groups attached to an aromatic ring is 1. The lowest BCUT2D eigenvalue weighted by atomic mass is 10.2. The summed E-state index contributed by atoms with van der Waals surface area (Å²) < 4.78 is 30.4. The van der Waals surface area contributed by atoms with Gasteiger partial charge in [-0.15, -0.1) is 10.2 Å². The molecule has 0 radical (unpaired) electrons. The summed E-state index contributed by atoms with van der Waals surface area (Å²) in [5.74, 6) is 3.89. The number of rotatable bonds is 5. The van der Waals surface area contributed by atoms with Gasteiger partial charge in [-0.25, -0.2) is 18.3 Å². The van der Waals surface area contributed by atoms with E-state index in [-0.39, 0.29) is 21.3 Å². The number of halogens is 2. The molecular weight excluding hydrogens is 336 g/mol. The SMILES string of the molecule is COC(=O)c1cc([N+](=O)[O-])ccc1Sc1nnc(C(F)F)n1N. The monoisotopic (exact) mass is 345 g/mol. The third-order valence-corrected chi connectivity index (χ3v) is 3.70. The summed E-state index contributed by atoms with van der Waals surface area (Å²) in [6, 6.07) is 3.44. The predicted octanol–water partition coefficient (Wildman–Crippen LogP) is 1.78. The number of alkyl halides is 2. The van der Waals surface area contributed by atoms with E-state index in [0.717, 1.165) is 31.0 Å². The molecule has 0 saturated carbocycles. The van der Waals surface area contributed by atoms with Crippen molar-refractivity contribution in [2.24, 2.45) is 0 Å². The first-order valence-electron chi connectivity index (χ1n) is 5.88. The van der Waals surface area contributed by atoms with Crippen LogP contribution in [-0.2, 0) is 4.74 Å². The Morgan fingerprint density at radius 3 is 2.70 bits per heavy atom. The fourth-order valence-electron chi connectivity index (χ4n) is 1.60. The second kappa shape index (κ2) is 6.56. The highest BCUT2D eigenvalue weighted by molar-refractivity contribution is 7.99. The number of hydrogen-bond donors (Lipinski definition) is 1. The van der Waals surface area contributed by atoms with Gasteiger partial charge in [0.25, 0.3) is 12.1 Å². The molecule has 0 saturated heterocycles. The van der Waals surface area contributed by atoms with Gasteiger partial charge in [-0.05, 0) is 17.8 Å². The fraction of sp³-hybridized carbons (Fsp3) is 0.182. The van der Waals surface area contributed by atoms with Gasteiger partial charge in [-0.1, -0.05) is 0 Å². The van der Waals surface area contributed by atoms with Crippen molar-refractivity contribution >= 4 is 23.4 Å². The highest BCUT2D eigenvalue weighted by Gasteiger charge is 2.22. The summed E-state index contributed by atoms with van der Waals surface area (Å²) in [4.78, 5) is 22.0. The highest BCUT2D eigenvalue weighted by atomic mass is 32.2. The number of esters is 1. The van der Waals surface area contributed by atoms with Crippen LogP contribution in [0.1, 0.15) is 22.6 Å². The zero-order valence-corrected chi connectivity index (χ0v) is 12.3. The van der Waals surface area contributed by atoms with E-state index in [2.05, 4.69) is 14.9 Å². The third-order valence-electron chi connectivity index (χ3n) is 2.67. The van der Waals surface area contributed by atoms with Crippen molar-refractivity contribution in [2.75, 3.05) is 13.0 Å². The minimum atomic E-state index is -2.92. The van der Waals surface area contributed by atoms with Crippen LogP contribution in [0, 0.1) is 10.1 Å². The van der Waals surface area contributed by atoms with E-state index in [0.29, 0.717) is 4.68 Å². The van der Waals surface area contributed by atoms with Crippen LogP contribution in [0.3, 0.4) is 0 Å². The Kier molecular flexibility index (Phi) is 4.74. The van der Waals surface area contributed by atoms with Gasteiger partial charge in [0, 0.05) is 17.0 Å². The van der Waals surface area contributed by atoms with E-state index >= 15 is 0 Å². The standard InChI is InChI=1S/C11H9F2N5O4S/c1-22-10(19)6-4-5(18(20)21)2-3-7(6)23-11-16-15-9(8(12)13)17(11)14/h2-4,8H,14H2,1H3. The predicted molar refractivity (Wildman–Crippen MR) is 73.7 cm³/mol. The quantitative estimate of drug-likeness (QED) is 0.376. The molecule has 0 aliphatic heterocycles. The molecule has 2 N–H and O–H groups in total. The molecule has 0 atom stereocenters. The second-order valence-electron chi connectivity index (χ2n) is 4.04. The molecule has 1 aromatic heterocycles. The van der Waals surface area contributed by atoms with E-state index in [1.165, 1.54) is 6.07 Å². The number of methoxy groups -OCH3 is 1. The minimum absolute atomic E-state index is 0.112. The maximum absolute atomic E-state index is 12.6. The van der Waals surface area contributed by atoms with Gasteiger partial charge < -0.3 is 10.6 Å². The Labute approximate surface area is 131 Å². The van der Waals surface area contributed by atoms with E-state index in [4.69, 9.17) is 5.84 Å². The molecular formula is C11H9F2N5O4S. The Morgan fingerprint density at radius 1 is 1.48 bits per heavy atom. The van der Waals surface area contributed by atoms with Crippen LogP contribution in [-0.4, -0.2) is 32.9 Å². The Hall–Kier alpha value is -2.76. The van der Waals surface area contributed by atoms with Crippen molar-refractivity contribution in [3.05, 3.63) is 39.7 Å². The normalized spacial score (nSPS) is 10.8. The van der Waals surface area contributed by atoms with Gasteiger partial charge in [0.05, 0.1) is 17.6 Å². The van der Waals surface area contributed by atoms with Crippen LogP contribution < -0.4 is 5.84 Å². The molecule has 12 heteroatoms. The molecule has 2 aromatic rings. The molecule has 0 amide bonds. The van der Waals surface area contributed by atoms with Gasteiger partial charge in [0.1, 0.15) is 0 Å². The maximum Gasteiger partial charge on any atom is 0.339 e. The largest absolute Gasteiger partial charge is 0.465 e. The number of nitro groups is 1. The molecule has 9 nitrogen and oxygen atoms in total. The Bertz CT molecular complexity index is 767. The third kappa shape index (κ3) is 3.36. The van der Waals surface area contributed by atoms with Crippen molar-refractivity contribution in [1.29, 1.82) is 0 Å². The average Bonchev–Trinajstić information content (AvgIpc) is 2.88. The zero-order chi connectivity index (χ0) is 17.1. The molecule has 0 fully saturated rings. The molecule has 0 bridgehead atoms. The number of nitrogens with zero attached hydrogens (tertiary/aromatic N) is 4. The van der Waals surface area contributed by atoms with E-state index in [9.17, 15) is 23.7 Å². The fourth-order valence-corrected chi connectivity index (χ4v) is 2.45. The average molecular weight is 345 g/mol. The Balaban J connectivity index is 2.43. The number of benzene rings is 1. The molecule has 0 aliphatic rings. The summed E-state index contributed by atoms with van der Waals surface area (Å²) in [7, 11) is 1.11. The summed E-state index contributed by atoms with van der Waals surface area (Å²) >= 11 is 0.751. The molecule has 0 spiro atoms. The lowest BCUT2D eigenvalue weighted by molar-refractivity contribution is -0.384. The first-order valence-corrected chi connectivity index (χ1v) is 6.70. The molecule has 122 valence electrons. The van der Waals surface area contributed by atoms with Gasteiger partial charge >= 0.3 is 5.97 Å². The Morgan fingerprint density at radius 2 is 2.17 bits per heavy atom. The number of aromatic nitrogens is 3.